The fourth-order valence-electron chi connectivity index (χ4n) is 2.03. The van der Waals surface area contributed by atoms with Crippen molar-refractivity contribution in [3.63, 3.8) is 0 Å². The summed E-state index contributed by atoms with van der Waals surface area (Å²) in [6, 6.07) is 6.94. The van der Waals surface area contributed by atoms with Gasteiger partial charge in [0, 0.05) is 6.42 Å². The summed E-state index contributed by atoms with van der Waals surface area (Å²) in [6.07, 6.45) is 2.71. The van der Waals surface area contributed by atoms with Crippen LogP contribution in [0.4, 0.5) is 0 Å². The summed E-state index contributed by atoms with van der Waals surface area (Å²) in [5.74, 6) is -1.00. The van der Waals surface area contributed by atoms with E-state index in [2.05, 4.69) is 10.1 Å². The van der Waals surface area contributed by atoms with Crippen LogP contribution in [0.3, 0.4) is 0 Å². The van der Waals surface area contributed by atoms with E-state index in [4.69, 9.17) is 9.47 Å². The molecule has 2 aromatic rings. The van der Waals surface area contributed by atoms with E-state index in [-0.39, 0.29) is 0 Å². The van der Waals surface area contributed by atoms with Gasteiger partial charge in [-0.25, -0.2) is 19.3 Å². The predicted molar refractivity (Wildman–Crippen MR) is 70.3 cm³/mol. The van der Waals surface area contributed by atoms with E-state index in [1.807, 2.05) is 12.1 Å². The fraction of sp³-hybridized carbons (Fsp3) is 0.286. The molecule has 2 heterocycles. The number of hydrogen-bond acceptors (Lipinski definition) is 6. The molecule has 1 aromatic heterocycles. The van der Waals surface area contributed by atoms with Crippen molar-refractivity contribution >= 4 is 11.9 Å². The molecule has 3 rings (SSSR count). The summed E-state index contributed by atoms with van der Waals surface area (Å²) < 4.78 is 11.5. The van der Waals surface area contributed by atoms with Gasteiger partial charge in [0.2, 0.25) is 6.10 Å². The minimum absolute atomic E-state index is 0.299. The van der Waals surface area contributed by atoms with Crippen molar-refractivity contribution in [1.29, 1.82) is 0 Å². The Morgan fingerprint density at radius 2 is 2.19 bits per heavy atom. The average molecular weight is 287 g/mol. The fourth-order valence-corrected chi connectivity index (χ4v) is 2.03. The van der Waals surface area contributed by atoms with Gasteiger partial charge in [-0.15, -0.1) is 0 Å². The van der Waals surface area contributed by atoms with Gasteiger partial charge in [-0.2, -0.15) is 5.10 Å². The molecule has 0 spiro atoms. The van der Waals surface area contributed by atoms with Gasteiger partial charge >= 0.3 is 11.9 Å². The molecule has 1 saturated heterocycles. The van der Waals surface area contributed by atoms with E-state index in [1.165, 1.54) is 6.33 Å². The summed E-state index contributed by atoms with van der Waals surface area (Å²) in [6.45, 7) is 0.873. The molecule has 7 nitrogen and oxygen atoms in total. The van der Waals surface area contributed by atoms with E-state index in [1.54, 1.807) is 23.1 Å². The second-order valence-corrected chi connectivity index (χ2v) is 4.64. The van der Waals surface area contributed by atoms with E-state index < -0.39 is 18.0 Å². The SMILES string of the molecule is O=C(OC1CCOC1=O)c1ccc(Cn2cncn2)cc1. The summed E-state index contributed by atoms with van der Waals surface area (Å²) in [4.78, 5) is 27.0. The number of carbonyl (C=O) groups excluding carboxylic acids is 2. The van der Waals surface area contributed by atoms with Crippen LogP contribution in [0.1, 0.15) is 22.3 Å². The van der Waals surface area contributed by atoms with Crippen LogP contribution in [0.15, 0.2) is 36.9 Å². The third-order valence-electron chi connectivity index (χ3n) is 3.14. The minimum atomic E-state index is -0.785. The van der Waals surface area contributed by atoms with E-state index in [0.29, 0.717) is 25.1 Å². The summed E-state index contributed by atoms with van der Waals surface area (Å²) >= 11 is 0. The van der Waals surface area contributed by atoms with Crippen molar-refractivity contribution in [3.8, 4) is 0 Å². The Labute approximate surface area is 120 Å². The maximum atomic E-state index is 11.9. The summed E-state index contributed by atoms with van der Waals surface area (Å²) in [5, 5.41) is 4.01. The molecule has 0 N–H and O–H groups in total. The number of cyclic esters (lactones) is 1. The Balaban J connectivity index is 1.63. The molecule has 1 fully saturated rings. The average Bonchev–Trinajstić information content (AvgIpc) is 3.12. The Morgan fingerprint density at radius 3 is 2.81 bits per heavy atom. The lowest BCUT2D eigenvalue weighted by Crippen LogP contribution is -2.22. The molecule has 0 amide bonds. The molecule has 1 atom stereocenters. The third kappa shape index (κ3) is 3.07. The standard InChI is InChI=1S/C14H13N3O4/c18-13(21-12-5-6-20-14(12)19)11-3-1-10(2-4-11)7-17-9-15-8-16-17/h1-4,8-9,12H,5-7H2. The number of ether oxygens (including phenoxy) is 2. The molecule has 108 valence electrons. The zero-order valence-electron chi connectivity index (χ0n) is 11.1. The lowest BCUT2D eigenvalue weighted by Gasteiger charge is -2.08. The molecule has 7 heteroatoms. The smallest absolute Gasteiger partial charge is 0.347 e. The first-order valence-corrected chi connectivity index (χ1v) is 6.51. The highest BCUT2D eigenvalue weighted by molar-refractivity contribution is 5.91. The molecule has 1 unspecified atom stereocenters. The van der Waals surface area contributed by atoms with Gasteiger partial charge in [-0.1, -0.05) is 12.1 Å². The van der Waals surface area contributed by atoms with E-state index >= 15 is 0 Å². The maximum absolute atomic E-state index is 11.9. The van der Waals surface area contributed by atoms with Crippen molar-refractivity contribution in [2.24, 2.45) is 0 Å². The third-order valence-corrected chi connectivity index (χ3v) is 3.14. The second kappa shape index (κ2) is 5.74. The Hall–Kier alpha value is -2.70. The van der Waals surface area contributed by atoms with Gasteiger partial charge in [-0.05, 0) is 17.7 Å². The molecule has 1 aliphatic heterocycles. The Kier molecular flexibility index (Phi) is 3.63. The van der Waals surface area contributed by atoms with Crippen LogP contribution in [0.25, 0.3) is 0 Å². The van der Waals surface area contributed by atoms with E-state index in [0.717, 1.165) is 5.56 Å². The lowest BCUT2D eigenvalue weighted by molar-refractivity contribution is -0.145. The molecular weight excluding hydrogens is 274 g/mol. The van der Waals surface area contributed by atoms with Gasteiger partial charge in [0.1, 0.15) is 12.7 Å². The number of rotatable bonds is 4. The highest BCUT2D eigenvalue weighted by atomic mass is 16.6. The van der Waals surface area contributed by atoms with Crippen LogP contribution in [-0.2, 0) is 20.8 Å². The van der Waals surface area contributed by atoms with Gasteiger partial charge in [0.05, 0.1) is 18.7 Å². The van der Waals surface area contributed by atoms with Gasteiger partial charge < -0.3 is 9.47 Å². The first-order chi connectivity index (χ1) is 10.2. The van der Waals surface area contributed by atoms with E-state index in [9.17, 15) is 9.59 Å². The molecule has 0 radical (unpaired) electrons. The largest absolute Gasteiger partial charge is 0.463 e. The van der Waals surface area contributed by atoms with Crippen molar-refractivity contribution < 1.29 is 19.1 Å². The zero-order chi connectivity index (χ0) is 14.7. The number of aromatic nitrogens is 3. The van der Waals surface area contributed by atoms with Crippen LogP contribution in [-0.4, -0.2) is 39.4 Å². The number of carbonyl (C=O) groups is 2. The van der Waals surface area contributed by atoms with Crippen LogP contribution in [0.5, 0.6) is 0 Å². The van der Waals surface area contributed by atoms with Crippen molar-refractivity contribution in [1.82, 2.24) is 14.8 Å². The van der Waals surface area contributed by atoms with Gasteiger partial charge in [-0.3, -0.25) is 0 Å². The number of esters is 2. The first kappa shape index (κ1) is 13.3. The molecule has 0 saturated carbocycles. The van der Waals surface area contributed by atoms with Crippen LogP contribution in [0.2, 0.25) is 0 Å². The second-order valence-electron chi connectivity index (χ2n) is 4.64. The summed E-state index contributed by atoms with van der Waals surface area (Å²) in [7, 11) is 0. The number of nitrogens with zero attached hydrogens (tertiary/aromatic N) is 3. The van der Waals surface area contributed by atoms with Crippen molar-refractivity contribution in [3.05, 3.63) is 48.0 Å². The summed E-state index contributed by atoms with van der Waals surface area (Å²) in [5.41, 5.74) is 1.38. The molecule has 1 aromatic carbocycles. The monoisotopic (exact) mass is 287 g/mol. The molecule has 21 heavy (non-hydrogen) atoms. The first-order valence-electron chi connectivity index (χ1n) is 6.51. The highest BCUT2D eigenvalue weighted by Gasteiger charge is 2.30. The minimum Gasteiger partial charge on any atom is -0.463 e. The maximum Gasteiger partial charge on any atom is 0.347 e. The van der Waals surface area contributed by atoms with Crippen LogP contribution >= 0.6 is 0 Å². The van der Waals surface area contributed by atoms with Crippen molar-refractivity contribution in [2.75, 3.05) is 6.61 Å². The van der Waals surface area contributed by atoms with Crippen LogP contribution < -0.4 is 0 Å². The lowest BCUT2D eigenvalue weighted by atomic mass is 10.1. The topological polar surface area (TPSA) is 83.3 Å². The highest BCUT2D eigenvalue weighted by Crippen LogP contribution is 2.14. The number of hydrogen-bond donors (Lipinski definition) is 0. The van der Waals surface area contributed by atoms with Crippen molar-refractivity contribution in [2.45, 2.75) is 19.1 Å². The molecule has 0 aliphatic carbocycles. The quantitative estimate of drug-likeness (QED) is 0.773. The zero-order valence-corrected chi connectivity index (χ0v) is 11.1. The molecule has 1 aliphatic rings. The van der Waals surface area contributed by atoms with Gasteiger partial charge in [0.15, 0.2) is 0 Å². The molecular formula is C14H13N3O4. The molecule has 0 bridgehead atoms. The predicted octanol–water partition coefficient (Wildman–Crippen LogP) is 0.799. The normalized spacial score (nSPS) is 17.5. The number of benzene rings is 1. The van der Waals surface area contributed by atoms with Gasteiger partial charge in [0.25, 0.3) is 0 Å². The Morgan fingerprint density at radius 1 is 1.38 bits per heavy atom. The van der Waals surface area contributed by atoms with Crippen LogP contribution in [0, 0.1) is 0 Å². The Bertz CT molecular complexity index is 637.